The van der Waals surface area contributed by atoms with E-state index in [-0.39, 0.29) is 0 Å². The third-order valence-electron chi connectivity index (χ3n) is 3.13. The van der Waals surface area contributed by atoms with Crippen LogP contribution in [0.2, 0.25) is 0 Å². The summed E-state index contributed by atoms with van der Waals surface area (Å²) in [5.41, 5.74) is 0.983. The van der Waals surface area contributed by atoms with Gasteiger partial charge in [0.1, 0.15) is 30.2 Å². The number of rotatable bonds is 6. The molecule has 0 aliphatic carbocycles. The van der Waals surface area contributed by atoms with Gasteiger partial charge >= 0.3 is 0 Å². The van der Waals surface area contributed by atoms with Gasteiger partial charge in [0.2, 0.25) is 0 Å². The number of aliphatic hydroxyl groups excluding tert-OH is 6. The zero-order chi connectivity index (χ0) is 15.3. The Kier molecular flexibility index (Phi) is 6.12. The molecule has 0 saturated heterocycles. The van der Waals surface area contributed by atoms with E-state index in [1.165, 1.54) is 0 Å². The summed E-state index contributed by atoms with van der Waals surface area (Å²) in [6.07, 6.45) is -6.98. The Morgan fingerprint density at radius 2 is 1.55 bits per heavy atom. The predicted octanol–water partition coefficient (Wildman–Crippen LogP) is -0.589. The van der Waals surface area contributed by atoms with Crippen LogP contribution in [0.25, 0.3) is 5.57 Å². The van der Waals surface area contributed by atoms with Gasteiger partial charge in [-0.25, -0.2) is 0 Å². The van der Waals surface area contributed by atoms with E-state index in [4.69, 9.17) is 5.11 Å². The standard InChI is InChI=1S/C14H20O6/c1-8(9-5-3-2-4-6-9)11(17)13(19)14(20)12(18)10(16)7-15/h2-6,10,12-20H,7H2,1H3/t10-,12-,13+,14+/m1/s1. The molecular formula is C14H20O6. The van der Waals surface area contributed by atoms with Crippen molar-refractivity contribution in [2.75, 3.05) is 6.61 Å². The van der Waals surface area contributed by atoms with Crippen LogP contribution in [0.1, 0.15) is 12.5 Å². The fraction of sp³-hybridized carbons (Fsp3) is 0.429. The first-order chi connectivity index (χ1) is 9.40. The number of hydrogen-bond donors (Lipinski definition) is 6. The minimum atomic E-state index is -1.82. The first-order valence-corrected chi connectivity index (χ1v) is 6.18. The fourth-order valence-corrected chi connectivity index (χ4v) is 1.74. The summed E-state index contributed by atoms with van der Waals surface area (Å²) in [6.45, 7) is 0.780. The summed E-state index contributed by atoms with van der Waals surface area (Å²) in [4.78, 5) is 0. The highest BCUT2D eigenvalue weighted by molar-refractivity contribution is 5.66. The number of hydrogen-bond acceptors (Lipinski definition) is 6. The Morgan fingerprint density at radius 1 is 1.00 bits per heavy atom. The summed E-state index contributed by atoms with van der Waals surface area (Å²) >= 11 is 0. The molecular weight excluding hydrogens is 264 g/mol. The lowest BCUT2D eigenvalue weighted by atomic mass is 9.97. The van der Waals surface area contributed by atoms with E-state index >= 15 is 0 Å². The lowest BCUT2D eigenvalue weighted by molar-refractivity contribution is -0.112. The van der Waals surface area contributed by atoms with Crippen molar-refractivity contribution < 1.29 is 30.6 Å². The Hall–Kier alpha value is -1.44. The van der Waals surface area contributed by atoms with Gasteiger partial charge in [-0.3, -0.25) is 0 Å². The van der Waals surface area contributed by atoms with E-state index in [9.17, 15) is 25.5 Å². The van der Waals surface area contributed by atoms with Gasteiger partial charge in [0.15, 0.2) is 0 Å². The van der Waals surface area contributed by atoms with Crippen molar-refractivity contribution in [1.29, 1.82) is 0 Å². The second-order valence-corrected chi connectivity index (χ2v) is 4.55. The number of benzene rings is 1. The zero-order valence-electron chi connectivity index (χ0n) is 11.1. The van der Waals surface area contributed by atoms with Crippen LogP contribution in [0.5, 0.6) is 0 Å². The average molecular weight is 284 g/mol. The minimum absolute atomic E-state index is 0.336. The molecule has 0 heterocycles. The van der Waals surface area contributed by atoms with Crippen LogP contribution >= 0.6 is 0 Å². The molecule has 0 bridgehead atoms. The summed E-state index contributed by atoms with van der Waals surface area (Å²) < 4.78 is 0. The molecule has 0 amide bonds. The molecule has 0 radical (unpaired) electrons. The highest BCUT2D eigenvalue weighted by Gasteiger charge is 2.32. The fourth-order valence-electron chi connectivity index (χ4n) is 1.74. The monoisotopic (exact) mass is 284 g/mol. The van der Waals surface area contributed by atoms with Crippen LogP contribution in [-0.2, 0) is 0 Å². The largest absolute Gasteiger partial charge is 0.509 e. The predicted molar refractivity (Wildman–Crippen MR) is 72.8 cm³/mol. The second-order valence-electron chi connectivity index (χ2n) is 4.55. The Morgan fingerprint density at radius 3 is 2.05 bits per heavy atom. The third-order valence-corrected chi connectivity index (χ3v) is 3.13. The molecule has 0 fully saturated rings. The number of allylic oxidation sites excluding steroid dienone is 1. The lowest BCUT2D eigenvalue weighted by Gasteiger charge is -2.26. The molecule has 1 aromatic rings. The minimum Gasteiger partial charge on any atom is -0.509 e. The van der Waals surface area contributed by atoms with Gasteiger partial charge in [0.25, 0.3) is 0 Å². The van der Waals surface area contributed by atoms with Crippen LogP contribution in [0, 0.1) is 0 Å². The molecule has 0 spiro atoms. The molecule has 20 heavy (non-hydrogen) atoms. The van der Waals surface area contributed by atoms with E-state index in [2.05, 4.69) is 0 Å². The van der Waals surface area contributed by atoms with Crippen molar-refractivity contribution in [2.45, 2.75) is 31.3 Å². The molecule has 0 aliphatic heterocycles. The van der Waals surface area contributed by atoms with E-state index in [1.54, 1.807) is 37.3 Å². The normalized spacial score (nSPS) is 18.9. The van der Waals surface area contributed by atoms with Crippen LogP contribution in [0.15, 0.2) is 36.1 Å². The first-order valence-electron chi connectivity index (χ1n) is 6.18. The van der Waals surface area contributed by atoms with Gasteiger partial charge in [-0.1, -0.05) is 30.3 Å². The van der Waals surface area contributed by atoms with Gasteiger partial charge < -0.3 is 30.6 Å². The quantitative estimate of drug-likeness (QED) is 0.388. The molecule has 0 aromatic heterocycles. The molecule has 6 heteroatoms. The van der Waals surface area contributed by atoms with Crippen molar-refractivity contribution in [3.05, 3.63) is 41.7 Å². The summed E-state index contributed by atoms with van der Waals surface area (Å²) in [7, 11) is 0. The molecule has 0 unspecified atom stereocenters. The molecule has 4 atom stereocenters. The lowest BCUT2D eigenvalue weighted by Crippen LogP contribution is -2.46. The molecule has 6 N–H and O–H groups in total. The van der Waals surface area contributed by atoms with Gasteiger partial charge in [-0.15, -0.1) is 0 Å². The molecule has 6 nitrogen and oxygen atoms in total. The van der Waals surface area contributed by atoms with E-state index in [0.29, 0.717) is 11.1 Å². The van der Waals surface area contributed by atoms with Gasteiger partial charge in [-0.05, 0) is 18.1 Å². The molecule has 112 valence electrons. The number of aliphatic hydroxyl groups is 6. The second kappa shape index (κ2) is 7.37. The van der Waals surface area contributed by atoms with Gasteiger partial charge in [0.05, 0.1) is 6.61 Å². The molecule has 0 aliphatic rings. The summed E-state index contributed by atoms with van der Waals surface area (Å²) in [5.74, 6) is -0.507. The molecule has 1 aromatic carbocycles. The highest BCUT2D eigenvalue weighted by atomic mass is 16.4. The van der Waals surface area contributed by atoms with E-state index < -0.39 is 36.8 Å². The smallest absolute Gasteiger partial charge is 0.139 e. The van der Waals surface area contributed by atoms with E-state index in [0.717, 1.165) is 0 Å². The SMILES string of the molecule is CC(=C(O)[C@H](O)[C@@H](O)[C@H](O)[C@H](O)CO)c1ccccc1. The zero-order valence-corrected chi connectivity index (χ0v) is 11.1. The van der Waals surface area contributed by atoms with Crippen LogP contribution in [-0.4, -0.2) is 61.7 Å². The highest BCUT2D eigenvalue weighted by Crippen LogP contribution is 2.21. The third kappa shape index (κ3) is 3.78. The maximum atomic E-state index is 9.93. The van der Waals surface area contributed by atoms with Crippen molar-refractivity contribution >= 4 is 5.57 Å². The van der Waals surface area contributed by atoms with Crippen LogP contribution < -0.4 is 0 Å². The van der Waals surface area contributed by atoms with Crippen LogP contribution in [0.4, 0.5) is 0 Å². The Labute approximate surface area is 116 Å². The maximum Gasteiger partial charge on any atom is 0.139 e. The summed E-state index contributed by atoms with van der Waals surface area (Å²) in [5, 5.41) is 56.8. The first kappa shape index (κ1) is 16.6. The van der Waals surface area contributed by atoms with Crippen molar-refractivity contribution in [3.8, 4) is 0 Å². The van der Waals surface area contributed by atoms with Crippen molar-refractivity contribution in [2.24, 2.45) is 0 Å². The van der Waals surface area contributed by atoms with Gasteiger partial charge in [0, 0.05) is 0 Å². The van der Waals surface area contributed by atoms with E-state index in [1.807, 2.05) is 0 Å². The summed E-state index contributed by atoms with van der Waals surface area (Å²) in [6, 6.07) is 8.71. The Balaban J connectivity index is 2.93. The topological polar surface area (TPSA) is 121 Å². The molecule has 1 rings (SSSR count). The van der Waals surface area contributed by atoms with Crippen LogP contribution in [0.3, 0.4) is 0 Å². The van der Waals surface area contributed by atoms with Crippen molar-refractivity contribution in [3.63, 3.8) is 0 Å². The Bertz CT molecular complexity index is 444. The van der Waals surface area contributed by atoms with Gasteiger partial charge in [-0.2, -0.15) is 0 Å². The van der Waals surface area contributed by atoms with Crippen molar-refractivity contribution in [1.82, 2.24) is 0 Å². The average Bonchev–Trinajstić information content (AvgIpc) is 2.51. The maximum absolute atomic E-state index is 9.93. The molecule has 0 saturated carbocycles.